The lowest BCUT2D eigenvalue weighted by Crippen LogP contribution is -2.44. The van der Waals surface area contributed by atoms with E-state index < -0.39 is 0 Å². The van der Waals surface area contributed by atoms with Gasteiger partial charge in [0.1, 0.15) is 0 Å². The molecule has 2 fully saturated rings. The fraction of sp³-hybridized carbons (Fsp3) is 0.923. The van der Waals surface area contributed by atoms with Gasteiger partial charge in [0.05, 0.1) is 12.1 Å². The highest BCUT2D eigenvalue weighted by atomic mass is 16.5. The maximum absolute atomic E-state index is 5.70. The molecule has 0 radical (unpaired) electrons. The van der Waals surface area contributed by atoms with E-state index in [0.717, 1.165) is 25.5 Å². The van der Waals surface area contributed by atoms with Gasteiger partial charge in [-0.15, -0.1) is 5.10 Å². The molecule has 1 aliphatic heterocycles. The van der Waals surface area contributed by atoms with Crippen LogP contribution in [-0.4, -0.2) is 50.9 Å². The molecule has 1 aromatic rings. The smallest absolute Gasteiger partial charge is 0.167 e. The first-order valence-corrected chi connectivity index (χ1v) is 7.21. The van der Waals surface area contributed by atoms with Crippen LogP contribution in [0.15, 0.2) is 0 Å². The molecular weight excluding hydrogens is 242 g/mol. The van der Waals surface area contributed by atoms with Gasteiger partial charge in [-0.1, -0.05) is 0 Å². The second-order valence-corrected chi connectivity index (χ2v) is 6.04. The lowest BCUT2D eigenvalue weighted by atomic mass is 9.66. The number of rotatable bonds is 4. The van der Waals surface area contributed by atoms with Crippen molar-refractivity contribution >= 4 is 0 Å². The van der Waals surface area contributed by atoms with Gasteiger partial charge in [0.2, 0.25) is 0 Å². The van der Waals surface area contributed by atoms with Gasteiger partial charge in [-0.25, -0.2) is 4.68 Å². The minimum Gasteiger partial charge on any atom is -0.378 e. The highest BCUT2D eigenvalue weighted by Crippen LogP contribution is 2.50. The normalized spacial score (nSPS) is 32.7. The van der Waals surface area contributed by atoms with Crippen LogP contribution in [0.1, 0.15) is 45.0 Å². The Morgan fingerprint density at radius 2 is 2.26 bits per heavy atom. The summed E-state index contributed by atoms with van der Waals surface area (Å²) in [6.45, 7) is 7.42. The summed E-state index contributed by atoms with van der Waals surface area (Å²) in [6, 6.07) is 0.297. The Labute approximate surface area is 114 Å². The van der Waals surface area contributed by atoms with Gasteiger partial charge in [-0.05, 0) is 55.5 Å². The molecule has 3 rings (SSSR count). The Hall–Kier alpha value is -1.01. The van der Waals surface area contributed by atoms with E-state index in [9.17, 15) is 0 Å². The molecule has 0 N–H and O–H groups in total. The van der Waals surface area contributed by atoms with Crippen LogP contribution in [0, 0.1) is 5.41 Å². The van der Waals surface area contributed by atoms with Gasteiger partial charge < -0.3 is 4.74 Å². The lowest BCUT2D eigenvalue weighted by molar-refractivity contribution is -0.0728. The highest BCUT2D eigenvalue weighted by molar-refractivity contribution is 5.03. The van der Waals surface area contributed by atoms with Crippen LogP contribution in [0.25, 0.3) is 0 Å². The molecule has 1 saturated carbocycles. The molecule has 1 unspecified atom stereocenters. The summed E-state index contributed by atoms with van der Waals surface area (Å²) >= 11 is 0. The standard InChI is InChI=1S/C13H23N5O/c1-4-19-11-7-13(8-11)5-6-18(9-13)10(2)12-14-15-16-17(12)3/h10-11H,4-9H2,1-3H3. The Morgan fingerprint density at radius 1 is 1.47 bits per heavy atom. The van der Waals surface area contributed by atoms with Crippen molar-refractivity contribution in [3.8, 4) is 0 Å². The predicted octanol–water partition coefficient (Wildman–Crippen LogP) is 1.16. The second-order valence-electron chi connectivity index (χ2n) is 6.04. The Bertz CT molecular complexity index is 440. The van der Waals surface area contributed by atoms with Crippen molar-refractivity contribution in [2.75, 3.05) is 19.7 Å². The number of hydrogen-bond acceptors (Lipinski definition) is 5. The van der Waals surface area contributed by atoms with E-state index in [1.165, 1.54) is 19.3 Å². The number of aryl methyl sites for hydroxylation is 1. The fourth-order valence-electron chi connectivity index (χ4n) is 3.65. The fourth-order valence-corrected chi connectivity index (χ4v) is 3.65. The van der Waals surface area contributed by atoms with Crippen molar-refractivity contribution in [1.29, 1.82) is 0 Å². The van der Waals surface area contributed by atoms with Gasteiger partial charge in [-0.3, -0.25) is 4.90 Å². The number of likely N-dealkylation sites (tertiary alicyclic amines) is 1. The number of ether oxygens (including phenoxy) is 1. The third-order valence-corrected chi connectivity index (χ3v) is 4.77. The van der Waals surface area contributed by atoms with Gasteiger partial charge >= 0.3 is 0 Å². The summed E-state index contributed by atoms with van der Waals surface area (Å²) in [5, 5.41) is 11.8. The van der Waals surface area contributed by atoms with Crippen LogP contribution >= 0.6 is 0 Å². The molecule has 0 bridgehead atoms. The van der Waals surface area contributed by atoms with Gasteiger partial charge in [-0.2, -0.15) is 0 Å². The molecule has 0 amide bonds. The maximum atomic E-state index is 5.70. The van der Waals surface area contributed by atoms with Crippen LogP contribution in [0.5, 0.6) is 0 Å². The number of aromatic nitrogens is 4. The Kier molecular flexibility index (Phi) is 3.30. The van der Waals surface area contributed by atoms with Gasteiger partial charge in [0.25, 0.3) is 0 Å². The van der Waals surface area contributed by atoms with Crippen LogP contribution in [0.2, 0.25) is 0 Å². The first-order chi connectivity index (χ1) is 9.13. The summed E-state index contributed by atoms with van der Waals surface area (Å²) in [7, 11) is 1.91. The van der Waals surface area contributed by atoms with E-state index in [2.05, 4.69) is 34.3 Å². The third kappa shape index (κ3) is 2.27. The average molecular weight is 265 g/mol. The van der Waals surface area contributed by atoms with Crippen molar-refractivity contribution in [3.05, 3.63) is 5.82 Å². The molecule has 6 nitrogen and oxygen atoms in total. The van der Waals surface area contributed by atoms with Crippen LogP contribution in [-0.2, 0) is 11.8 Å². The maximum Gasteiger partial charge on any atom is 0.167 e. The first-order valence-electron chi connectivity index (χ1n) is 7.21. The zero-order chi connectivity index (χ0) is 13.5. The van der Waals surface area contributed by atoms with Gasteiger partial charge in [0, 0.05) is 20.2 Å². The molecule has 2 aliphatic rings. The molecule has 106 valence electrons. The van der Waals surface area contributed by atoms with E-state index >= 15 is 0 Å². The molecule has 2 heterocycles. The monoisotopic (exact) mass is 265 g/mol. The molecule has 1 atom stereocenters. The minimum absolute atomic E-state index is 0.297. The van der Waals surface area contributed by atoms with Crippen molar-refractivity contribution < 1.29 is 4.74 Å². The minimum atomic E-state index is 0.297. The van der Waals surface area contributed by atoms with E-state index in [4.69, 9.17) is 4.74 Å². The predicted molar refractivity (Wildman–Crippen MR) is 70.5 cm³/mol. The topological polar surface area (TPSA) is 56.1 Å². The van der Waals surface area contributed by atoms with E-state index in [-0.39, 0.29) is 0 Å². The van der Waals surface area contributed by atoms with Crippen LogP contribution in [0.4, 0.5) is 0 Å². The SMILES string of the molecule is CCOC1CC2(CCN(C(C)c3nnnn3C)C2)C1. The second kappa shape index (κ2) is 4.83. The molecule has 1 saturated heterocycles. The molecule has 19 heavy (non-hydrogen) atoms. The number of nitrogens with zero attached hydrogens (tertiary/aromatic N) is 5. The first kappa shape index (κ1) is 13.0. The van der Waals surface area contributed by atoms with Crippen LogP contribution in [0.3, 0.4) is 0 Å². The van der Waals surface area contributed by atoms with E-state index in [1.807, 2.05) is 7.05 Å². The molecule has 0 aromatic carbocycles. The zero-order valence-electron chi connectivity index (χ0n) is 12.0. The number of hydrogen-bond donors (Lipinski definition) is 0. The molecule has 1 spiro atoms. The summed E-state index contributed by atoms with van der Waals surface area (Å²) in [6.07, 6.45) is 4.23. The highest BCUT2D eigenvalue weighted by Gasteiger charge is 2.49. The molecule has 1 aliphatic carbocycles. The quantitative estimate of drug-likeness (QED) is 0.817. The lowest BCUT2D eigenvalue weighted by Gasteiger charge is -2.45. The largest absolute Gasteiger partial charge is 0.378 e. The van der Waals surface area contributed by atoms with Crippen molar-refractivity contribution in [2.45, 2.75) is 45.3 Å². The summed E-state index contributed by atoms with van der Waals surface area (Å²) in [4.78, 5) is 2.51. The molecule has 6 heteroatoms. The molecule has 1 aromatic heterocycles. The average Bonchev–Trinajstić information content (AvgIpc) is 2.95. The summed E-state index contributed by atoms with van der Waals surface area (Å²) < 4.78 is 7.47. The third-order valence-electron chi connectivity index (χ3n) is 4.77. The Morgan fingerprint density at radius 3 is 2.89 bits per heavy atom. The van der Waals surface area contributed by atoms with Crippen molar-refractivity contribution in [3.63, 3.8) is 0 Å². The van der Waals surface area contributed by atoms with Crippen LogP contribution < -0.4 is 0 Å². The van der Waals surface area contributed by atoms with Crippen molar-refractivity contribution in [2.24, 2.45) is 12.5 Å². The zero-order valence-corrected chi connectivity index (χ0v) is 12.0. The summed E-state index contributed by atoms with van der Waals surface area (Å²) in [5.74, 6) is 0.956. The summed E-state index contributed by atoms with van der Waals surface area (Å²) in [5.41, 5.74) is 0.500. The number of tetrazole rings is 1. The van der Waals surface area contributed by atoms with Crippen molar-refractivity contribution in [1.82, 2.24) is 25.1 Å². The van der Waals surface area contributed by atoms with Gasteiger partial charge in [0.15, 0.2) is 5.82 Å². The van der Waals surface area contributed by atoms with E-state index in [0.29, 0.717) is 17.6 Å². The molecular formula is C13H23N5O. The van der Waals surface area contributed by atoms with E-state index in [1.54, 1.807) is 4.68 Å². The Balaban J connectivity index is 1.60.